The lowest BCUT2D eigenvalue weighted by Gasteiger charge is -2.33. The number of phenolic OH excluding ortho intramolecular Hbond substituents is 1. The van der Waals surface area contributed by atoms with Crippen LogP contribution in [0.2, 0.25) is 0 Å². The Hall–Kier alpha value is -2.41. The summed E-state index contributed by atoms with van der Waals surface area (Å²) in [6, 6.07) is 6.09. The Morgan fingerprint density at radius 2 is 2.20 bits per heavy atom. The number of likely N-dealkylation sites (tertiary alicyclic amines) is 1. The number of nitrogens with zero attached hydrogens (tertiary/aromatic N) is 1. The van der Waals surface area contributed by atoms with Crippen molar-refractivity contribution in [2.45, 2.75) is 18.8 Å². The van der Waals surface area contributed by atoms with Crippen molar-refractivity contribution in [2.24, 2.45) is 0 Å². The second-order valence-electron chi connectivity index (χ2n) is 5.96. The van der Waals surface area contributed by atoms with Gasteiger partial charge in [0.1, 0.15) is 0 Å². The Morgan fingerprint density at radius 1 is 1.40 bits per heavy atom. The van der Waals surface area contributed by atoms with Crippen LogP contribution in [0.5, 0.6) is 5.75 Å². The highest BCUT2D eigenvalue weighted by Crippen LogP contribution is 2.32. The summed E-state index contributed by atoms with van der Waals surface area (Å²) in [4.78, 5) is 26.3. The van der Waals surface area contributed by atoms with Crippen molar-refractivity contribution in [2.75, 3.05) is 20.2 Å². The number of aromatic hydroxyl groups is 1. The molecule has 1 amide bonds. The Kier molecular flexibility index (Phi) is 5.03. The third-order valence-corrected chi connectivity index (χ3v) is 5.31. The maximum atomic E-state index is 14.2. The molecule has 0 radical (unpaired) electrons. The molecule has 0 spiro atoms. The number of piperidine rings is 1. The standard InChI is InChI=1S/C18H18FNO4S/c1-24-18(23)12-8-15(25-10-12)17(22)20-7-3-4-11(9-20)13-5-2-6-14(21)16(13)19/h2,5-6,8,10-11,21H,3-4,7,9H2,1H3. The molecule has 0 saturated carbocycles. The minimum absolute atomic E-state index is 0.162. The highest BCUT2D eigenvalue weighted by Gasteiger charge is 2.28. The summed E-state index contributed by atoms with van der Waals surface area (Å²) in [5.74, 6) is -1.81. The molecule has 1 atom stereocenters. The fraction of sp³-hybridized carbons (Fsp3) is 0.333. The zero-order valence-electron chi connectivity index (χ0n) is 13.7. The van der Waals surface area contributed by atoms with E-state index in [-0.39, 0.29) is 17.6 Å². The Balaban J connectivity index is 1.77. The number of esters is 1. The van der Waals surface area contributed by atoms with E-state index in [2.05, 4.69) is 4.74 Å². The third kappa shape index (κ3) is 3.51. The molecule has 2 aromatic rings. The molecule has 1 fully saturated rings. The Morgan fingerprint density at radius 3 is 2.96 bits per heavy atom. The molecule has 1 aliphatic heterocycles. The van der Waals surface area contributed by atoms with Crippen LogP contribution >= 0.6 is 11.3 Å². The molecule has 1 aromatic carbocycles. The number of methoxy groups -OCH3 is 1. The van der Waals surface area contributed by atoms with Gasteiger partial charge in [-0.15, -0.1) is 11.3 Å². The zero-order chi connectivity index (χ0) is 18.0. The molecule has 7 heteroatoms. The normalized spacial score (nSPS) is 17.4. The number of phenols is 1. The van der Waals surface area contributed by atoms with Crippen LogP contribution in [0.25, 0.3) is 0 Å². The fourth-order valence-electron chi connectivity index (χ4n) is 3.10. The lowest BCUT2D eigenvalue weighted by atomic mass is 9.90. The van der Waals surface area contributed by atoms with Crippen LogP contribution in [-0.2, 0) is 4.74 Å². The van der Waals surface area contributed by atoms with Gasteiger partial charge in [0, 0.05) is 24.4 Å². The summed E-state index contributed by atoms with van der Waals surface area (Å²) < 4.78 is 18.8. The van der Waals surface area contributed by atoms with Crippen molar-refractivity contribution >= 4 is 23.2 Å². The molecule has 1 unspecified atom stereocenters. The van der Waals surface area contributed by atoms with Gasteiger partial charge in [-0.05, 0) is 30.5 Å². The van der Waals surface area contributed by atoms with Gasteiger partial charge in [0.15, 0.2) is 11.6 Å². The van der Waals surface area contributed by atoms with Gasteiger partial charge in [0.05, 0.1) is 17.6 Å². The quantitative estimate of drug-likeness (QED) is 0.849. The lowest BCUT2D eigenvalue weighted by Crippen LogP contribution is -2.39. The van der Waals surface area contributed by atoms with Crippen LogP contribution in [0.4, 0.5) is 4.39 Å². The molecule has 3 rings (SSSR count). The average Bonchev–Trinajstić information content (AvgIpc) is 3.13. The first-order valence-electron chi connectivity index (χ1n) is 7.94. The van der Waals surface area contributed by atoms with Crippen molar-refractivity contribution in [3.05, 3.63) is 51.5 Å². The Labute approximate surface area is 148 Å². The molecular formula is C18H18FNO4S. The van der Waals surface area contributed by atoms with E-state index in [4.69, 9.17) is 0 Å². The third-order valence-electron chi connectivity index (χ3n) is 4.39. The van der Waals surface area contributed by atoms with Crippen LogP contribution < -0.4 is 0 Å². The number of benzene rings is 1. The monoisotopic (exact) mass is 363 g/mol. The van der Waals surface area contributed by atoms with Gasteiger partial charge in [0.2, 0.25) is 0 Å². The summed E-state index contributed by atoms with van der Waals surface area (Å²) in [7, 11) is 1.29. The van der Waals surface area contributed by atoms with E-state index >= 15 is 0 Å². The van der Waals surface area contributed by atoms with Gasteiger partial charge in [-0.3, -0.25) is 4.79 Å². The predicted octanol–water partition coefficient (Wildman–Crippen LogP) is 3.40. The predicted molar refractivity (Wildman–Crippen MR) is 91.6 cm³/mol. The molecule has 5 nitrogen and oxygen atoms in total. The molecular weight excluding hydrogens is 345 g/mol. The van der Waals surface area contributed by atoms with Crippen LogP contribution in [-0.4, -0.2) is 42.1 Å². The molecule has 25 heavy (non-hydrogen) atoms. The lowest BCUT2D eigenvalue weighted by molar-refractivity contribution is 0.0601. The minimum atomic E-state index is -0.620. The molecule has 132 valence electrons. The number of hydrogen-bond donors (Lipinski definition) is 1. The van der Waals surface area contributed by atoms with E-state index in [1.807, 2.05) is 0 Å². The highest BCUT2D eigenvalue weighted by atomic mass is 32.1. The smallest absolute Gasteiger partial charge is 0.338 e. The van der Waals surface area contributed by atoms with Crippen molar-refractivity contribution in [1.29, 1.82) is 0 Å². The Bertz CT molecular complexity index is 804. The number of amides is 1. The van der Waals surface area contributed by atoms with Gasteiger partial charge in [-0.25, -0.2) is 9.18 Å². The van der Waals surface area contributed by atoms with E-state index in [1.54, 1.807) is 22.4 Å². The first-order valence-corrected chi connectivity index (χ1v) is 8.82. The van der Waals surface area contributed by atoms with Gasteiger partial charge < -0.3 is 14.7 Å². The molecule has 2 heterocycles. The molecule has 1 aromatic heterocycles. The molecule has 1 saturated heterocycles. The number of carbonyl (C=O) groups excluding carboxylic acids is 2. The van der Waals surface area contributed by atoms with Crippen molar-refractivity contribution in [3.63, 3.8) is 0 Å². The molecule has 1 N–H and O–H groups in total. The second-order valence-corrected chi connectivity index (χ2v) is 6.87. The number of thiophene rings is 1. The molecule has 1 aliphatic rings. The highest BCUT2D eigenvalue weighted by molar-refractivity contribution is 7.12. The average molecular weight is 363 g/mol. The van der Waals surface area contributed by atoms with Crippen molar-refractivity contribution in [1.82, 2.24) is 4.90 Å². The van der Waals surface area contributed by atoms with Gasteiger partial charge in [-0.1, -0.05) is 12.1 Å². The maximum Gasteiger partial charge on any atom is 0.338 e. The largest absolute Gasteiger partial charge is 0.505 e. The summed E-state index contributed by atoms with van der Waals surface area (Å²) >= 11 is 1.19. The van der Waals surface area contributed by atoms with Gasteiger partial charge >= 0.3 is 5.97 Å². The number of ether oxygens (including phenoxy) is 1. The van der Waals surface area contributed by atoms with Crippen molar-refractivity contribution in [3.8, 4) is 5.75 Å². The molecule has 0 bridgehead atoms. The van der Waals surface area contributed by atoms with E-state index in [1.165, 1.54) is 30.6 Å². The summed E-state index contributed by atoms with van der Waals surface area (Å²) in [6.45, 7) is 0.964. The van der Waals surface area contributed by atoms with E-state index in [9.17, 15) is 19.1 Å². The number of carbonyl (C=O) groups is 2. The SMILES string of the molecule is COC(=O)c1csc(C(=O)N2CCCC(c3cccc(O)c3F)C2)c1. The first-order chi connectivity index (χ1) is 12.0. The molecule has 0 aliphatic carbocycles. The van der Waals surface area contributed by atoms with Crippen LogP contribution in [0, 0.1) is 5.82 Å². The first kappa shape index (κ1) is 17.4. The maximum absolute atomic E-state index is 14.2. The van der Waals surface area contributed by atoms with Crippen LogP contribution in [0.15, 0.2) is 29.6 Å². The number of halogens is 1. The van der Waals surface area contributed by atoms with E-state index in [0.717, 1.165) is 12.8 Å². The minimum Gasteiger partial charge on any atom is -0.505 e. The number of hydrogen-bond acceptors (Lipinski definition) is 5. The second kappa shape index (κ2) is 7.23. The van der Waals surface area contributed by atoms with E-state index < -0.39 is 11.8 Å². The zero-order valence-corrected chi connectivity index (χ0v) is 14.5. The summed E-state index contributed by atoms with van der Waals surface area (Å²) in [5, 5.41) is 11.2. The summed E-state index contributed by atoms with van der Waals surface area (Å²) in [6.07, 6.45) is 1.50. The van der Waals surface area contributed by atoms with Crippen molar-refractivity contribution < 1.29 is 23.8 Å². The topological polar surface area (TPSA) is 66.8 Å². The van der Waals surface area contributed by atoms with Gasteiger partial charge in [-0.2, -0.15) is 0 Å². The van der Waals surface area contributed by atoms with Crippen LogP contribution in [0.3, 0.4) is 0 Å². The fourth-order valence-corrected chi connectivity index (χ4v) is 3.94. The van der Waals surface area contributed by atoms with Gasteiger partial charge in [0.25, 0.3) is 5.91 Å². The summed E-state index contributed by atoms with van der Waals surface area (Å²) in [5.41, 5.74) is 0.780. The van der Waals surface area contributed by atoms with E-state index in [0.29, 0.717) is 29.1 Å². The van der Waals surface area contributed by atoms with Crippen LogP contribution in [0.1, 0.15) is 44.4 Å². The number of rotatable bonds is 3.